The lowest BCUT2D eigenvalue weighted by Crippen LogP contribution is -2.65. The first kappa shape index (κ1) is 6.16. The molecule has 0 spiro atoms. The van der Waals surface area contributed by atoms with Crippen LogP contribution in [0.1, 0.15) is 13.3 Å². The molecule has 3 nitrogen and oxygen atoms in total. The lowest BCUT2D eigenvalue weighted by Gasteiger charge is -2.43. The second-order valence-electron chi connectivity index (χ2n) is 3.27. The van der Waals surface area contributed by atoms with Crippen LogP contribution in [0.15, 0.2) is 0 Å². The standard InChI is InChI=1S/C7H12N2O/c1-4-2-6-5(3-8-6)7(10)9-4/h4-6,8H,2-3H2,1H3,(H,9,10). The van der Waals surface area contributed by atoms with Gasteiger partial charge >= 0.3 is 0 Å². The second kappa shape index (κ2) is 1.95. The van der Waals surface area contributed by atoms with E-state index in [0.717, 1.165) is 13.0 Å². The van der Waals surface area contributed by atoms with Crippen LogP contribution in [0.3, 0.4) is 0 Å². The zero-order valence-electron chi connectivity index (χ0n) is 6.05. The summed E-state index contributed by atoms with van der Waals surface area (Å²) in [4.78, 5) is 11.1. The third-order valence-electron chi connectivity index (χ3n) is 2.42. The van der Waals surface area contributed by atoms with Crippen LogP contribution >= 0.6 is 0 Å². The Morgan fingerprint density at radius 2 is 2.40 bits per heavy atom. The molecule has 2 aliphatic rings. The largest absolute Gasteiger partial charge is 0.353 e. The van der Waals surface area contributed by atoms with Crippen molar-refractivity contribution in [2.75, 3.05) is 6.54 Å². The van der Waals surface area contributed by atoms with E-state index in [0.29, 0.717) is 12.1 Å². The van der Waals surface area contributed by atoms with Crippen LogP contribution in [0.5, 0.6) is 0 Å². The van der Waals surface area contributed by atoms with E-state index in [1.54, 1.807) is 0 Å². The molecule has 2 fully saturated rings. The third-order valence-corrected chi connectivity index (χ3v) is 2.42. The topological polar surface area (TPSA) is 41.1 Å². The summed E-state index contributed by atoms with van der Waals surface area (Å²) in [6.45, 7) is 2.93. The number of nitrogens with one attached hydrogen (secondary N) is 2. The summed E-state index contributed by atoms with van der Waals surface area (Å²) in [6, 6.07) is 0.838. The van der Waals surface area contributed by atoms with E-state index in [4.69, 9.17) is 0 Å². The van der Waals surface area contributed by atoms with E-state index in [2.05, 4.69) is 10.6 Å². The van der Waals surface area contributed by atoms with Crippen LogP contribution in [-0.2, 0) is 4.79 Å². The number of carbonyl (C=O) groups excluding carboxylic acids is 1. The van der Waals surface area contributed by atoms with Gasteiger partial charge < -0.3 is 10.6 Å². The molecule has 3 atom stereocenters. The maximum atomic E-state index is 11.1. The Morgan fingerprint density at radius 1 is 1.60 bits per heavy atom. The number of hydrogen-bond donors (Lipinski definition) is 2. The van der Waals surface area contributed by atoms with Gasteiger partial charge in [0.2, 0.25) is 5.91 Å². The number of piperidine rings is 1. The molecule has 56 valence electrons. The van der Waals surface area contributed by atoms with Gasteiger partial charge in [0.15, 0.2) is 0 Å². The summed E-state index contributed by atoms with van der Waals surface area (Å²) in [5.74, 6) is 0.513. The quantitative estimate of drug-likeness (QED) is 0.475. The fraction of sp³-hybridized carbons (Fsp3) is 0.857. The smallest absolute Gasteiger partial charge is 0.226 e. The summed E-state index contributed by atoms with van der Waals surface area (Å²) < 4.78 is 0. The Morgan fingerprint density at radius 3 is 2.90 bits per heavy atom. The van der Waals surface area contributed by atoms with E-state index in [-0.39, 0.29) is 11.8 Å². The van der Waals surface area contributed by atoms with Crippen molar-refractivity contribution in [2.45, 2.75) is 25.4 Å². The van der Waals surface area contributed by atoms with Gasteiger partial charge in [0.05, 0.1) is 5.92 Å². The molecular formula is C7H12N2O. The monoisotopic (exact) mass is 140 g/mol. The molecule has 2 heterocycles. The Kier molecular flexibility index (Phi) is 1.20. The highest BCUT2D eigenvalue weighted by Crippen LogP contribution is 2.22. The molecule has 0 saturated carbocycles. The molecule has 3 unspecified atom stereocenters. The number of amides is 1. The second-order valence-corrected chi connectivity index (χ2v) is 3.27. The van der Waals surface area contributed by atoms with Gasteiger partial charge in [-0.05, 0) is 13.3 Å². The molecule has 2 N–H and O–H groups in total. The van der Waals surface area contributed by atoms with Crippen molar-refractivity contribution >= 4 is 5.91 Å². The van der Waals surface area contributed by atoms with Crippen molar-refractivity contribution in [1.29, 1.82) is 0 Å². The Hall–Kier alpha value is -0.570. The van der Waals surface area contributed by atoms with Gasteiger partial charge in [0, 0.05) is 18.6 Å². The molecule has 2 aliphatic heterocycles. The van der Waals surface area contributed by atoms with Crippen LogP contribution in [0.25, 0.3) is 0 Å². The lowest BCUT2D eigenvalue weighted by atomic mass is 9.83. The average Bonchev–Trinajstić information content (AvgIpc) is 1.77. The van der Waals surface area contributed by atoms with Crippen LogP contribution < -0.4 is 10.6 Å². The highest BCUT2D eigenvalue weighted by molar-refractivity contribution is 5.81. The molecule has 0 aliphatic carbocycles. The average molecular weight is 140 g/mol. The van der Waals surface area contributed by atoms with Crippen molar-refractivity contribution in [3.05, 3.63) is 0 Å². The lowest BCUT2D eigenvalue weighted by molar-refractivity contribution is -0.131. The molecule has 1 amide bonds. The first-order chi connectivity index (χ1) is 4.77. The number of carbonyl (C=O) groups is 1. The maximum Gasteiger partial charge on any atom is 0.226 e. The van der Waals surface area contributed by atoms with Crippen molar-refractivity contribution in [3.63, 3.8) is 0 Å². The van der Waals surface area contributed by atoms with Crippen molar-refractivity contribution in [2.24, 2.45) is 5.92 Å². The zero-order chi connectivity index (χ0) is 7.14. The van der Waals surface area contributed by atoms with E-state index in [1.807, 2.05) is 6.92 Å². The van der Waals surface area contributed by atoms with Gasteiger partial charge in [-0.3, -0.25) is 4.79 Å². The highest BCUT2D eigenvalue weighted by atomic mass is 16.2. The molecule has 3 heteroatoms. The zero-order valence-corrected chi connectivity index (χ0v) is 6.05. The normalized spacial score (nSPS) is 45.3. The molecule has 0 bridgehead atoms. The predicted molar refractivity (Wildman–Crippen MR) is 37.5 cm³/mol. The minimum absolute atomic E-state index is 0.238. The Labute approximate surface area is 60.2 Å². The maximum absolute atomic E-state index is 11.1. The van der Waals surface area contributed by atoms with Gasteiger partial charge in [-0.25, -0.2) is 0 Å². The number of hydrogen-bond acceptors (Lipinski definition) is 2. The van der Waals surface area contributed by atoms with Gasteiger partial charge in [0.25, 0.3) is 0 Å². The Bertz CT molecular complexity index is 169. The third kappa shape index (κ3) is 0.736. The predicted octanol–water partition coefficient (Wildman–Crippen LogP) is -0.517. The minimum atomic E-state index is 0.238. The fourth-order valence-corrected chi connectivity index (χ4v) is 1.72. The number of fused-ring (bicyclic) bond motifs is 1. The van der Waals surface area contributed by atoms with Gasteiger partial charge in [-0.1, -0.05) is 0 Å². The van der Waals surface area contributed by atoms with Crippen LogP contribution in [0.4, 0.5) is 0 Å². The first-order valence-electron chi connectivity index (χ1n) is 3.81. The van der Waals surface area contributed by atoms with E-state index >= 15 is 0 Å². The van der Waals surface area contributed by atoms with Crippen LogP contribution in [-0.4, -0.2) is 24.5 Å². The van der Waals surface area contributed by atoms with Crippen molar-refractivity contribution in [1.82, 2.24) is 10.6 Å². The van der Waals surface area contributed by atoms with Gasteiger partial charge in [-0.2, -0.15) is 0 Å². The molecule has 2 rings (SSSR count). The summed E-state index contributed by atoms with van der Waals surface area (Å²) >= 11 is 0. The Balaban J connectivity index is 2.06. The van der Waals surface area contributed by atoms with Gasteiger partial charge in [0.1, 0.15) is 0 Å². The van der Waals surface area contributed by atoms with Crippen molar-refractivity contribution in [3.8, 4) is 0 Å². The SMILES string of the molecule is CC1CC2NCC2C(=O)N1. The molecule has 0 aromatic rings. The molecule has 0 radical (unpaired) electrons. The summed E-state index contributed by atoms with van der Waals surface area (Å²) in [6.07, 6.45) is 1.09. The highest BCUT2D eigenvalue weighted by Gasteiger charge is 2.40. The summed E-state index contributed by atoms with van der Waals surface area (Å²) in [7, 11) is 0. The van der Waals surface area contributed by atoms with E-state index in [9.17, 15) is 4.79 Å². The minimum Gasteiger partial charge on any atom is -0.353 e. The van der Waals surface area contributed by atoms with Crippen molar-refractivity contribution < 1.29 is 4.79 Å². The fourth-order valence-electron chi connectivity index (χ4n) is 1.72. The molecule has 0 aromatic heterocycles. The summed E-state index contributed by atoms with van der Waals surface area (Å²) in [5.41, 5.74) is 0. The van der Waals surface area contributed by atoms with Crippen LogP contribution in [0, 0.1) is 5.92 Å². The molecule has 10 heavy (non-hydrogen) atoms. The summed E-state index contributed by atoms with van der Waals surface area (Å²) in [5, 5.41) is 6.18. The first-order valence-corrected chi connectivity index (χ1v) is 3.81. The molecule has 0 aromatic carbocycles. The molecular weight excluding hydrogens is 128 g/mol. The van der Waals surface area contributed by atoms with Gasteiger partial charge in [-0.15, -0.1) is 0 Å². The van der Waals surface area contributed by atoms with E-state index in [1.165, 1.54) is 0 Å². The van der Waals surface area contributed by atoms with E-state index < -0.39 is 0 Å². The van der Waals surface area contributed by atoms with Crippen LogP contribution in [0.2, 0.25) is 0 Å². The molecule has 2 saturated heterocycles. The number of rotatable bonds is 0.